The largest absolute Gasteiger partial charge is 0.283 e. The van der Waals surface area contributed by atoms with Crippen molar-refractivity contribution in [2.45, 2.75) is 19.8 Å². The van der Waals surface area contributed by atoms with E-state index in [9.17, 15) is 12.8 Å². The smallest absolute Gasteiger partial charge is 0.229 e. The number of benzene rings is 1. The van der Waals surface area contributed by atoms with E-state index in [1.807, 2.05) is 13.8 Å². The van der Waals surface area contributed by atoms with E-state index in [4.69, 9.17) is 0 Å². The van der Waals surface area contributed by atoms with Crippen molar-refractivity contribution in [2.75, 3.05) is 11.0 Å². The molecule has 0 unspecified atom stereocenters. The molecule has 0 saturated carbocycles. The summed E-state index contributed by atoms with van der Waals surface area (Å²) >= 11 is 0. The zero-order valence-electron chi connectivity index (χ0n) is 8.91. The van der Waals surface area contributed by atoms with Crippen molar-refractivity contribution in [2.24, 2.45) is 0 Å². The van der Waals surface area contributed by atoms with Crippen LogP contribution in [-0.4, -0.2) is 14.7 Å². The maximum absolute atomic E-state index is 13.0. The summed E-state index contributed by atoms with van der Waals surface area (Å²) in [7, 11) is -3.37. The van der Waals surface area contributed by atoms with E-state index in [0.29, 0.717) is 5.69 Å². The molecule has 1 rings (SSSR count). The standard InChI is InChI=1S/C10H14FNO2S/c1-7(2)9-5-4-8(11)6-10(9)12-15(3,13)14/h4-7,12H,1-3H3. The van der Waals surface area contributed by atoms with Crippen molar-refractivity contribution < 1.29 is 12.8 Å². The Morgan fingerprint density at radius 2 is 1.93 bits per heavy atom. The van der Waals surface area contributed by atoms with Gasteiger partial charge in [0.15, 0.2) is 0 Å². The highest BCUT2D eigenvalue weighted by molar-refractivity contribution is 7.92. The summed E-state index contributed by atoms with van der Waals surface area (Å²) in [6, 6.07) is 4.10. The molecule has 1 aromatic carbocycles. The number of nitrogens with one attached hydrogen (secondary N) is 1. The van der Waals surface area contributed by atoms with Gasteiger partial charge in [-0.05, 0) is 23.6 Å². The van der Waals surface area contributed by atoms with E-state index in [1.54, 1.807) is 6.07 Å². The fraction of sp³-hybridized carbons (Fsp3) is 0.400. The zero-order chi connectivity index (χ0) is 11.6. The summed E-state index contributed by atoms with van der Waals surface area (Å²) in [5.74, 6) is -0.319. The van der Waals surface area contributed by atoms with Gasteiger partial charge < -0.3 is 0 Å². The molecule has 0 atom stereocenters. The number of hydrogen-bond acceptors (Lipinski definition) is 2. The van der Waals surface area contributed by atoms with Crippen molar-refractivity contribution in [1.82, 2.24) is 0 Å². The van der Waals surface area contributed by atoms with Crippen molar-refractivity contribution in [1.29, 1.82) is 0 Å². The zero-order valence-corrected chi connectivity index (χ0v) is 9.73. The molecular weight excluding hydrogens is 217 g/mol. The van der Waals surface area contributed by atoms with Gasteiger partial charge in [-0.2, -0.15) is 0 Å². The first kappa shape index (κ1) is 12.0. The van der Waals surface area contributed by atoms with Crippen LogP contribution < -0.4 is 4.72 Å². The second kappa shape index (κ2) is 4.18. The first-order valence-corrected chi connectivity index (χ1v) is 6.46. The average Bonchev–Trinajstić information content (AvgIpc) is 1.99. The van der Waals surface area contributed by atoms with Gasteiger partial charge in [-0.25, -0.2) is 12.8 Å². The third kappa shape index (κ3) is 3.51. The van der Waals surface area contributed by atoms with E-state index in [2.05, 4.69) is 4.72 Å². The molecule has 84 valence electrons. The fourth-order valence-electron chi connectivity index (χ4n) is 1.32. The molecule has 0 bridgehead atoms. The molecule has 0 fully saturated rings. The summed E-state index contributed by atoms with van der Waals surface area (Å²) in [5.41, 5.74) is 1.09. The highest BCUT2D eigenvalue weighted by Gasteiger charge is 2.11. The lowest BCUT2D eigenvalue weighted by Crippen LogP contribution is -2.12. The molecule has 0 radical (unpaired) electrons. The Kier molecular flexibility index (Phi) is 3.34. The molecule has 1 aromatic rings. The van der Waals surface area contributed by atoms with E-state index < -0.39 is 15.8 Å². The SMILES string of the molecule is CC(C)c1ccc(F)cc1NS(C)(=O)=O. The molecule has 0 spiro atoms. The van der Waals surface area contributed by atoms with E-state index >= 15 is 0 Å². The number of sulfonamides is 1. The summed E-state index contributed by atoms with van der Waals surface area (Å²) < 4.78 is 37.4. The first-order valence-electron chi connectivity index (χ1n) is 4.57. The maximum Gasteiger partial charge on any atom is 0.229 e. The summed E-state index contributed by atoms with van der Waals surface area (Å²) in [6.45, 7) is 3.83. The predicted octanol–water partition coefficient (Wildman–Crippen LogP) is 2.32. The fourth-order valence-corrected chi connectivity index (χ4v) is 1.90. The second-order valence-corrected chi connectivity index (χ2v) is 5.51. The van der Waals surface area contributed by atoms with Crippen molar-refractivity contribution in [3.63, 3.8) is 0 Å². The minimum absolute atomic E-state index is 0.134. The normalized spacial score (nSPS) is 11.8. The van der Waals surface area contributed by atoms with Gasteiger partial charge in [-0.3, -0.25) is 4.72 Å². The molecule has 5 heteroatoms. The lowest BCUT2D eigenvalue weighted by atomic mass is 10.0. The van der Waals surface area contributed by atoms with Gasteiger partial charge in [0.05, 0.1) is 11.9 Å². The second-order valence-electron chi connectivity index (χ2n) is 3.76. The Morgan fingerprint density at radius 1 is 1.33 bits per heavy atom. The lowest BCUT2D eigenvalue weighted by Gasteiger charge is -2.13. The Hall–Kier alpha value is -1.10. The van der Waals surface area contributed by atoms with Crippen LogP contribution in [0.15, 0.2) is 18.2 Å². The molecule has 0 aliphatic carbocycles. The van der Waals surface area contributed by atoms with Crippen molar-refractivity contribution in [3.05, 3.63) is 29.6 Å². The van der Waals surface area contributed by atoms with Crippen LogP contribution in [0.5, 0.6) is 0 Å². The Bertz CT molecular complexity index is 454. The van der Waals surface area contributed by atoms with Gasteiger partial charge in [0.25, 0.3) is 0 Å². The van der Waals surface area contributed by atoms with Gasteiger partial charge in [0.2, 0.25) is 10.0 Å². The van der Waals surface area contributed by atoms with Gasteiger partial charge in [-0.1, -0.05) is 19.9 Å². The number of anilines is 1. The quantitative estimate of drug-likeness (QED) is 0.867. The van der Waals surface area contributed by atoms with Crippen LogP contribution in [0.1, 0.15) is 25.3 Å². The highest BCUT2D eigenvalue weighted by Crippen LogP contribution is 2.25. The van der Waals surface area contributed by atoms with E-state index in [0.717, 1.165) is 11.8 Å². The number of hydrogen-bond donors (Lipinski definition) is 1. The Labute approximate surface area is 89.4 Å². The van der Waals surface area contributed by atoms with Gasteiger partial charge >= 0.3 is 0 Å². The average molecular weight is 231 g/mol. The first-order chi connectivity index (χ1) is 6.79. The van der Waals surface area contributed by atoms with Crippen LogP contribution in [0.25, 0.3) is 0 Å². The number of rotatable bonds is 3. The maximum atomic E-state index is 13.0. The summed E-state index contributed by atoms with van der Waals surface area (Å²) in [6.07, 6.45) is 1.04. The third-order valence-corrected chi connectivity index (χ3v) is 2.52. The molecule has 3 nitrogen and oxygen atoms in total. The summed E-state index contributed by atoms with van der Waals surface area (Å²) in [4.78, 5) is 0. The molecule has 0 heterocycles. The van der Waals surface area contributed by atoms with E-state index in [1.165, 1.54) is 12.1 Å². The molecule has 0 saturated heterocycles. The third-order valence-electron chi connectivity index (χ3n) is 1.93. The Morgan fingerprint density at radius 3 is 2.40 bits per heavy atom. The molecule has 0 aliphatic heterocycles. The Balaban J connectivity index is 3.19. The highest BCUT2D eigenvalue weighted by atomic mass is 32.2. The van der Waals surface area contributed by atoms with Crippen molar-refractivity contribution >= 4 is 15.7 Å². The van der Waals surface area contributed by atoms with Gasteiger partial charge in [-0.15, -0.1) is 0 Å². The lowest BCUT2D eigenvalue weighted by molar-refractivity contribution is 0.606. The van der Waals surface area contributed by atoms with Crippen LogP contribution in [0.4, 0.5) is 10.1 Å². The molecule has 0 aromatic heterocycles. The summed E-state index contributed by atoms with van der Waals surface area (Å²) in [5, 5.41) is 0. The minimum atomic E-state index is -3.37. The number of halogens is 1. The van der Waals surface area contributed by atoms with Crippen LogP contribution >= 0.6 is 0 Å². The van der Waals surface area contributed by atoms with Crippen LogP contribution in [0.3, 0.4) is 0 Å². The molecule has 0 amide bonds. The van der Waals surface area contributed by atoms with Gasteiger partial charge in [0, 0.05) is 0 Å². The van der Waals surface area contributed by atoms with Crippen LogP contribution in [0.2, 0.25) is 0 Å². The molecule has 0 aliphatic rings. The molecule has 15 heavy (non-hydrogen) atoms. The van der Waals surface area contributed by atoms with Crippen LogP contribution in [-0.2, 0) is 10.0 Å². The van der Waals surface area contributed by atoms with E-state index in [-0.39, 0.29) is 5.92 Å². The van der Waals surface area contributed by atoms with Gasteiger partial charge in [0.1, 0.15) is 5.82 Å². The molecular formula is C10H14FNO2S. The predicted molar refractivity (Wildman–Crippen MR) is 59.0 cm³/mol. The topological polar surface area (TPSA) is 46.2 Å². The minimum Gasteiger partial charge on any atom is -0.283 e. The van der Waals surface area contributed by atoms with Crippen molar-refractivity contribution in [3.8, 4) is 0 Å². The van der Waals surface area contributed by atoms with Crippen LogP contribution in [0, 0.1) is 5.82 Å². The monoisotopic (exact) mass is 231 g/mol. The molecule has 1 N–H and O–H groups in total.